The number of amides is 1. The number of ether oxygens (including phenoxy) is 1. The van der Waals surface area contributed by atoms with Gasteiger partial charge in [0, 0.05) is 11.1 Å². The van der Waals surface area contributed by atoms with Crippen molar-refractivity contribution in [1.29, 1.82) is 0 Å². The highest BCUT2D eigenvalue weighted by Crippen LogP contribution is 2.14. The lowest BCUT2D eigenvalue weighted by atomic mass is 10.1. The van der Waals surface area contributed by atoms with Crippen LogP contribution in [0.4, 0.5) is 0 Å². The van der Waals surface area contributed by atoms with E-state index in [2.05, 4.69) is 17.5 Å². The van der Waals surface area contributed by atoms with Gasteiger partial charge in [-0.3, -0.25) is 4.79 Å². The van der Waals surface area contributed by atoms with Crippen LogP contribution in [0.3, 0.4) is 0 Å². The lowest BCUT2D eigenvalue weighted by molar-refractivity contribution is 0.0955. The third-order valence-electron chi connectivity index (χ3n) is 3.97. The van der Waals surface area contributed by atoms with E-state index in [1.807, 2.05) is 6.07 Å². The molecular formula is C21H26N2O3. The Hall–Kier alpha value is -2.82. The summed E-state index contributed by atoms with van der Waals surface area (Å²) in [5.74, 6) is 0.630. The highest BCUT2D eigenvalue weighted by Gasteiger charge is 2.06. The first kappa shape index (κ1) is 19.5. The van der Waals surface area contributed by atoms with E-state index in [0.717, 1.165) is 17.7 Å². The zero-order valence-electron chi connectivity index (χ0n) is 15.4. The van der Waals surface area contributed by atoms with E-state index in [1.165, 1.54) is 19.3 Å². The van der Waals surface area contributed by atoms with Gasteiger partial charge in [-0.25, -0.2) is 5.43 Å². The van der Waals surface area contributed by atoms with Crippen molar-refractivity contribution in [2.75, 3.05) is 6.61 Å². The Kier molecular flexibility index (Phi) is 7.68. The van der Waals surface area contributed by atoms with E-state index in [-0.39, 0.29) is 11.7 Å². The van der Waals surface area contributed by atoms with Crippen LogP contribution in [0.15, 0.2) is 53.6 Å². The fourth-order valence-corrected chi connectivity index (χ4v) is 2.42. The molecule has 0 saturated carbocycles. The summed E-state index contributed by atoms with van der Waals surface area (Å²) in [5.41, 5.74) is 4.40. The highest BCUT2D eigenvalue weighted by atomic mass is 16.5. The summed E-state index contributed by atoms with van der Waals surface area (Å²) in [7, 11) is 0. The summed E-state index contributed by atoms with van der Waals surface area (Å²) >= 11 is 0. The number of unbranched alkanes of at least 4 members (excludes halogenated alkanes) is 3. The molecule has 1 amide bonds. The number of phenolic OH excluding ortho intramolecular Hbond substituents is 1. The molecule has 0 aromatic heterocycles. The number of nitrogens with one attached hydrogen (secondary N) is 1. The van der Waals surface area contributed by atoms with Crippen LogP contribution in [0, 0.1) is 0 Å². The molecule has 0 aliphatic rings. The predicted octanol–water partition coefficient (Wildman–Crippen LogP) is 4.51. The van der Waals surface area contributed by atoms with E-state index in [1.54, 1.807) is 49.4 Å². The van der Waals surface area contributed by atoms with Crippen molar-refractivity contribution in [1.82, 2.24) is 5.43 Å². The van der Waals surface area contributed by atoms with Crippen molar-refractivity contribution in [3.63, 3.8) is 0 Å². The first-order chi connectivity index (χ1) is 12.6. The average Bonchev–Trinajstić information content (AvgIpc) is 2.66. The summed E-state index contributed by atoms with van der Waals surface area (Å²) in [6.07, 6.45) is 4.65. The highest BCUT2D eigenvalue weighted by molar-refractivity contribution is 6.01. The number of hydrogen-bond donors (Lipinski definition) is 2. The lowest BCUT2D eigenvalue weighted by Crippen LogP contribution is -2.19. The van der Waals surface area contributed by atoms with Gasteiger partial charge in [0.25, 0.3) is 5.91 Å². The number of benzene rings is 2. The molecule has 0 fully saturated rings. The maximum Gasteiger partial charge on any atom is 0.271 e. The fourth-order valence-electron chi connectivity index (χ4n) is 2.42. The van der Waals surface area contributed by atoms with Crippen LogP contribution in [0.2, 0.25) is 0 Å². The van der Waals surface area contributed by atoms with E-state index >= 15 is 0 Å². The molecule has 138 valence electrons. The smallest absolute Gasteiger partial charge is 0.271 e. The van der Waals surface area contributed by atoms with Crippen molar-refractivity contribution in [3.05, 3.63) is 59.7 Å². The molecule has 2 aromatic rings. The maximum absolute atomic E-state index is 12.2. The predicted molar refractivity (Wildman–Crippen MR) is 104 cm³/mol. The molecule has 0 heterocycles. The number of hydrogen-bond acceptors (Lipinski definition) is 4. The lowest BCUT2D eigenvalue weighted by Gasteiger charge is -2.07. The minimum atomic E-state index is -0.293. The van der Waals surface area contributed by atoms with Gasteiger partial charge in [-0.1, -0.05) is 38.3 Å². The number of hydrazone groups is 1. The SMILES string of the molecule is CCCCCCOc1ccc(C(=O)N/N=C(/C)c2cccc(O)c2)cc1. The minimum absolute atomic E-state index is 0.161. The standard InChI is InChI=1S/C21H26N2O3/c1-3-4-5-6-14-26-20-12-10-17(11-13-20)21(25)23-22-16(2)18-8-7-9-19(24)15-18/h7-13,15,24H,3-6,14H2,1-2H3,(H,23,25)/b22-16-. The van der Waals surface area contributed by atoms with Crippen molar-refractivity contribution >= 4 is 11.6 Å². The van der Waals surface area contributed by atoms with Gasteiger partial charge >= 0.3 is 0 Å². The van der Waals surface area contributed by atoms with Crippen LogP contribution < -0.4 is 10.2 Å². The molecule has 0 aliphatic heterocycles. The van der Waals surface area contributed by atoms with E-state index < -0.39 is 0 Å². The second-order valence-corrected chi connectivity index (χ2v) is 6.12. The van der Waals surface area contributed by atoms with Gasteiger partial charge in [-0.05, 0) is 49.7 Å². The molecule has 0 spiro atoms. The van der Waals surface area contributed by atoms with Crippen molar-refractivity contribution in [3.8, 4) is 11.5 Å². The second kappa shape index (κ2) is 10.2. The van der Waals surface area contributed by atoms with Gasteiger partial charge in [0.2, 0.25) is 0 Å². The molecule has 0 bridgehead atoms. The number of rotatable bonds is 9. The van der Waals surface area contributed by atoms with Gasteiger partial charge in [0.1, 0.15) is 11.5 Å². The van der Waals surface area contributed by atoms with Crippen LogP contribution in [-0.2, 0) is 0 Å². The third kappa shape index (κ3) is 6.24. The van der Waals surface area contributed by atoms with E-state index in [0.29, 0.717) is 17.9 Å². The van der Waals surface area contributed by atoms with Crippen LogP contribution >= 0.6 is 0 Å². The van der Waals surface area contributed by atoms with Crippen LogP contribution in [-0.4, -0.2) is 23.3 Å². The summed E-state index contributed by atoms with van der Waals surface area (Å²) < 4.78 is 5.67. The molecule has 2 aromatic carbocycles. The molecule has 0 unspecified atom stereocenters. The fraction of sp³-hybridized carbons (Fsp3) is 0.333. The number of nitrogens with zero attached hydrogens (tertiary/aromatic N) is 1. The minimum Gasteiger partial charge on any atom is -0.508 e. The molecule has 0 aliphatic carbocycles. The third-order valence-corrected chi connectivity index (χ3v) is 3.97. The Balaban J connectivity index is 1.86. The monoisotopic (exact) mass is 354 g/mol. The Morgan fingerprint density at radius 3 is 2.54 bits per heavy atom. The largest absolute Gasteiger partial charge is 0.508 e. The Morgan fingerprint density at radius 1 is 1.08 bits per heavy atom. The number of carbonyl (C=O) groups excluding carboxylic acids is 1. The van der Waals surface area contributed by atoms with Crippen LogP contribution in [0.1, 0.15) is 55.5 Å². The van der Waals surface area contributed by atoms with E-state index in [9.17, 15) is 9.90 Å². The number of aromatic hydroxyl groups is 1. The van der Waals surface area contributed by atoms with Crippen molar-refractivity contribution in [2.24, 2.45) is 5.10 Å². The van der Waals surface area contributed by atoms with Crippen LogP contribution in [0.5, 0.6) is 11.5 Å². The topological polar surface area (TPSA) is 70.9 Å². The van der Waals surface area contributed by atoms with Gasteiger partial charge in [-0.15, -0.1) is 0 Å². The summed E-state index contributed by atoms with van der Waals surface area (Å²) in [4.78, 5) is 12.2. The molecule has 26 heavy (non-hydrogen) atoms. The normalized spacial score (nSPS) is 11.2. The molecule has 0 atom stereocenters. The molecule has 5 nitrogen and oxygen atoms in total. The van der Waals surface area contributed by atoms with Gasteiger partial charge in [0.05, 0.1) is 12.3 Å². The first-order valence-electron chi connectivity index (χ1n) is 8.97. The Bertz CT molecular complexity index is 739. The Morgan fingerprint density at radius 2 is 1.85 bits per heavy atom. The number of carbonyl (C=O) groups is 1. The van der Waals surface area contributed by atoms with Crippen LogP contribution in [0.25, 0.3) is 0 Å². The van der Waals surface area contributed by atoms with Crippen molar-refractivity contribution < 1.29 is 14.6 Å². The maximum atomic E-state index is 12.2. The van der Waals surface area contributed by atoms with E-state index in [4.69, 9.17) is 4.74 Å². The summed E-state index contributed by atoms with van der Waals surface area (Å²) in [6, 6.07) is 13.7. The zero-order valence-corrected chi connectivity index (χ0v) is 15.4. The average molecular weight is 354 g/mol. The quantitative estimate of drug-likeness (QED) is 0.395. The molecule has 0 radical (unpaired) electrons. The zero-order chi connectivity index (χ0) is 18.8. The summed E-state index contributed by atoms with van der Waals surface area (Å²) in [5, 5.41) is 13.6. The molecule has 5 heteroatoms. The Labute approximate surface area is 154 Å². The molecular weight excluding hydrogens is 328 g/mol. The molecule has 2 rings (SSSR count). The first-order valence-corrected chi connectivity index (χ1v) is 8.97. The molecule has 2 N–H and O–H groups in total. The van der Waals surface area contributed by atoms with Gasteiger partial charge in [0.15, 0.2) is 0 Å². The number of phenols is 1. The van der Waals surface area contributed by atoms with Crippen molar-refractivity contribution in [2.45, 2.75) is 39.5 Å². The second-order valence-electron chi connectivity index (χ2n) is 6.12. The summed E-state index contributed by atoms with van der Waals surface area (Å²) in [6.45, 7) is 4.64. The molecule has 0 saturated heterocycles. The van der Waals surface area contributed by atoms with Gasteiger partial charge < -0.3 is 9.84 Å². The van der Waals surface area contributed by atoms with Gasteiger partial charge in [-0.2, -0.15) is 5.10 Å².